The third kappa shape index (κ3) is 4.63. The number of aromatic nitrogens is 3. The Morgan fingerprint density at radius 3 is 2.83 bits per heavy atom. The monoisotopic (exact) mass is 392 g/mol. The van der Waals surface area contributed by atoms with Gasteiger partial charge in [-0.1, -0.05) is 6.07 Å². The number of hydrogen-bond donors (Lipinski definition) is 2. The summed E-state index contributed by atoms with van der Waals surface area (Å²) < 4.78 is 7.75. The number of hydrogen-bond acceptors (Lipinski definition) is 5. The molecule has 1 fully saturated rings. The number of carbonyl (C=O) groups is 1. The van der Waals surface area contributed by atoms with Crippen LogP contribution in [0.25, 0.3) is 0 Å². The van der Waals surface area contributed by atoms with Gasteiger partial charge >= 0.3 is 0 Å². The van der Waals surface area contributed by atoms with Gasteiger partial charge in [-0.25, -0.2) is 0 Å². The van der Waals surface area contributed by atoms with Crippen LogP contribution in [0.4, 0.5) is 0 Å². The molecule has 2 N–H and O–H groups in total. The van der Waals surface area contributed by atoms with Crippen LogP contribution in [0.1, 0.15) is 28.8 Å². The SMILES string of the molecule is Cc1ccc(C(=O)N[C@@H]2CC(Cn3cccn3)C[C@H]2O)cc1Oc1ccncc1. The van der Waals surface area contributed by atoms with Gasteiger partial charge in [-0.05, 0) is 61.6 Å². The second-order valence-electron chi connectivity index (χ2n) is 7.48. The van der Waals surface area contributed by atoms with Gasteiger partial charge in [0.15, 0.2) is 0 Å². The molecule has 1 amide bonds. The van der Waals surface area contributed by atoms with E-state index in [1.54, 1.807) is 42.9 Å². The summed E-state index contributed by atoms with van der Waals surface area (Å²) in [5.74, 6) is 1.34. The van der Waals surface area contributed by atoms with Crippen LogP contribution in [0, 0.1) is 12.8 Å². The number of amides is 1. The van der Waals surface area contributed by atoms with Crippen molar-refractivity contribution in [2.75, 3.05) is 0 Å². The number of carbonyl (C=O) groups excluding carboxylic acids is 1. The van der Waals surface area contributed by atoms with Gasteiger partial charge in [-0.15, -0.1) is 0 Å². The van der Waals surface area contributed by atoms with Gasteiger partial charge in [0.2, 0.25) is 0 Å². The summed E-state index contributed by atoms with van der Waals surface area (Å²) in [6.07, 6.45) is 7.78. The fourth-order valence-electron chi connectivity index (χ4n) is 3.73. The standard InChI is InChI=1S/C22H24N4O3/c1-15-3-4-17(13-21(15)29-18-5-8-23-9-6-18)22(28)25-19-11-16(12-20(19)27)14-26-10-2-7-24-26/h2-10,13,16,19-20,27H,11-12,14H2,1H3,(H,25,28)/t16?,19-,20-/m1/s1. The second kappa shape index (κ2) is 8.45. The van der Waals surface area contributed by atoms with Crippen LogP contribution in [0.2, 0.25) is 0 Å². The number of aliphatic hydroxyl groups is 1. The fraction of sp³-hybridized carbons (Fsp3) is 0.318. The molecule has 3 aromatic rings. The van der Waals surface area contributed by atoms with Crippen molar-refractivity contribution in [2.45, 2.75) is 38.5 Å². The molecule has 150 valence electrons. The summed E-state index contributed by atoms with van der Waals surface area (Å²) in [6, 6.07) is 10.5. The van der Waals surface area contributed by atoms with Gasteiger partial charge in [-0.2, -0.15) is 5.10 Å². The van der Waals surface area contributed by atoms with E-state index in [9.17, 15) is 9.90 Å². The molecule has 3 atom stereocenters. The number of rotatable bonds is 6. The normalized spacial score (nSPS) is 21.1. The van der Waals surface area contributed by atoms with E-state index in [1.165, 1.54) is 0 Å². The van der Waals surface area contributed by atoms with Crippen LogP contribution in [-0.2, 0) is 6.54 Å². The topological polar surface area (TPSA) is 89.3 Å². The highest BCUT2D eigenvalue weighted by atomic mass is 16.5. The van der Waals surface area contributed by atoms with E-state index in [4.69, 9.17) is 4.74 Å². The maximum atomic E-state index is 12.8. The molecule has 0 saturated heterocycles. The Morgan fingerprint density at radius 2 is 2.07 bits per heavy atom. The molecule has 1 saturated carbocycles. The molecule has 0 aliphatic heterocycles. The average Bonchev–Trinajstić information content (AvgIpc) is 3.34. The van der Waals surface area contributed by atoms with Crippen LogP contribution >= 0.6 is 0 Å². The van der Waals surface area contributed by atoms with Gasteiger partial charge in [0, 0.05) is 36.9 Å². The van der Waals surface area contributed by atoms with Crippen LogP contribution < -0.4 is 10.1 Å². The van der Waals surface area contributed by atoms with Crippen molar-refractivity contribution in [3.63, 3.8) is 0 Å². The largest absolute Gasteiger partial charge is 0.457 e. The van der Waals surface area contributed by atoms with Crippen molar-refractivity contribution < 1.29 is 14.6 Å². The highest BCUT2D eigenvalue weighted by Crippen LogP contribution is 2.29. The number of pyridine rings is 1. The van der Waals surface area contributed by atoms with E-state index in [0.29, 0.717) is 23.5 Å². The van der Waals surface area contributed by atoms with Crippen LogP contribution in [0.3, 0.4) is 0 Å². The predicted octanol–water partition coefficient (Wildman–Crippen LogP) is 2.95. The van der Waals surface area contributed by atoms with E-state index >= 15 is 0 Å². The van der Waals surface area contributed by atoms with Crippen LogP contribution in [0.15, 0.2) is 61.2 Å². The Bertz CT molecular complexity index is 959. The summed E-state index contributed by atoms with van der Waals surface area (Å²) in [4.78, 5) is 16.8. The number of nitrogens with one attached hydrogen (secondary N) is 1. The molecule has 7 nitrogen and oxygen atoms in total. The zero-order chi connectivity index (χ0) is 20.2. The van der Waals surface area contributed by atoms with Crippen LogP contribution in [0.5, 0.6) is 11.5 Å². The summed E-state index contributed by atoms with van der Waals surface area (Å²) in [6.45, 7) is 2.67. The lowest BCUT2D eigenvalue weighted by molar-refractivity contribution is 0.0872. The zero-order valence-electron chi connectivity index (χ0n) is 16.2. The van der Waals surface area contributed by atoms with Crippen molar-refractivity contribution in [3.8, 4) is 11.5 Å². The molecule has 29 heavy (non-hydrogen) atoms. The van der Waals surface area contributed by atoms with E-state index in [1.807, 2.05) is 29.9 Å². The first kappa shape index (κ1) is 19.1. The molecule has 7 heteroatoms. The summed E-state index contributed by atoms with van der Waals surface area (Å²) in [5, 5.41) is 17.6. The minimum Gasteiger partial charge on any atom is -0.457 e. The molecule has 1 aliphatic carbocycles. The van der Waals surface area contributed by atoms with Crippen molar-refractivity contribution in [3.05, 3.63) is 72.3 Å². The Hall–Kier alpha value is -3.19. The number of aryl methyl sites for hydroxylation is 1. The average molecular weight is 392 g/mol. The maximum absolute atomic E-state index is 12.8. The van der Waals surface area contributed by atoms with Crippen molar-refractivity contribution in [2.24, 2.45) is 5.92 Å². The van der Waals surface area contributed by atoms with Gasteiger partial charge < -0.3 is 15.2 Å². The molecule has 2 aromatic heterocycles. The fourth-order valence-corrected chi connectivity index (χ4v) is 3.73. The quantitative estimate of drug-likeness (QED) is 0.673. The Morgan fingerprint density at radius 1 is 1.24 bits per heavy atom. The lowest BCUT2D eigenvalue weighted by Gasteiger charge is -2.17. The van der Waals surface area contributed by atoms with Crippen molar-refractivity contribution >= 4 is 5.91 Å². The van der Waals surface area contributed by atoms with Crippen molar-refractivity contribution in [1.29, 1.82) is 0 Å². The molecule has 1 aromatic carbocycles. The van der Waals surface area contributed by atoms with E-state index < -0.39 is 6.10 Å². The molecule has 0 spiro atoms. The minimum absolute atomic E-state index is 0.214. The summed E-state index contributed by atoms with van der Waals surface area (Å²) in [5.41, 5.74) is 1.43. The Labute approximate surface area is 169 Å². The molecule has 1 aliphatic rings. The zero-order valence-corrected chi connectivity index (χ0v) is 16.2. The van der Waals surface area contributed by atoms with E-state index in [0.717, 1.165) is 18.5 Å². The van der Waals surface area contributed by atoms with Gasteiger partial charge in [-0.3, -0.25) is 14.5 Å². The molecular weight excluding hydrogens is 368 g/mol. The number of nitrogens with zero attached hydrogens (tertiary/aromatic N) is 3. The first-order valence-electron chi connectivity index (χ1n) is 9.73. The number of ether oxygens (including phenoxy) is 1. The first-order valence-corrected chi connectivity index (χ1v) is 9.73. The van der Waals surface area contributed by atoms with Gasteiger partial charge in [0.05, 0.1) is 12.1 Å². The highest BCUT2D eigenvalue weighted by Gasteiger charge is 2.34. The minimum atomic E-state index is -0.558. The summed E-state index contributed by atoms with van der Waals surface area (Å²) in [7, 11) is 0. The predicted molar refractivity (Wildman–Crippen MR) is 108 cm³/mol. The summed E-state index contributed by atoms with van der Waals surface area (Å²) >= 11 is 0. The Balaban J connectivity index is 1.41. The molecule has 4 rings (SSSR count). The van der Waals surface area contributed by atoms with E-state index in [2.05, 4.69) is 15.4 Å². The smallest absolute Gasteiger partial charge is 0.251 e. The maximum Gasteiger partial charge on any atom is 0.251 e. The second-order valence-corrected chi connectivity index (χ2v) is 7.48. The lowest BCUT2D eigenvalue weighted by Crippen LogP contribution is -2.39. The molecule has 2 heterocycles. The number of aliphatic hydroxyl groups excluding tert-OH is 1. The molecule has 0 bridgehead atoms. The third-order valence-corrected chi connectivity index (χ3v) is 5.28. The van der Waals surface area contributed by atoms with Gasteiger partial charge in [0.25, 0.3) is 5.91 Å². The lowest BCUT2D eigenvalue weighted by atomic mass is 10.1. The van der Waals surface area contributed by atoms with Gasteiger partial charge in [0.1, 0.15) is 11.5 Å². The highest BCUT2D eigenvalue weighted by molar-refractivity contribution is 5.95. The Kier molecular flexibility index (Phi) is 5.57. The first-order chi connectivity index (χ1) is 14.1. The van der Waals surface area contributed by atoms with E-state index in [-0.39, 0.29) is 17.9 Å². The molecule has 1 unspecified atom stereocenters. The van der Waals surface area contributed by atoms with Crippen molar-refractivity contribution in [1.82, 2.24) is 20.1 Å². The third-order valence-electron chi connectivity index (χ3n) is 5.28. The molecule has 0 radical (unpaired) electrons. The number of benzene rings is 1. The van der Waals surface area contributed by atoms with Crippen LogP contribution in [-0.4, -0.2) is 37.9 Å². The molecular formula is C22H24N4O3.